The number of methoxy groups -OCH3 is 1. The van der Waals surface area contributed by atoms with Crippen LogP contribution >= 0.6 is 0 Å². The van der Waals surface area contributed by atoms with Crippen LogP contribution in [0.25, 0.3) is 0 Å². The molecule has 0 radical (unpaired) electrons. The summed E-state index contributed by atoms with van der Waals surface area (Å²) in [6.07, 6.45) is 8.29. The van der Waals surface area contributed by atoms with Gasteiger partial charge >= 0.3 is 0 Å². The molecule has 4 nitrogen and oxygen atoms in total. The van der Waals surface area contributed by atoms with Gasteiger partial charge < -0.3 is 14.8 Å². The van der Waals surface area contributed by atoms with Crippen LogP contribution in [0.4, 0.5) is 0 Å². The van der Waals surface area contributed by atoms with Gasteiger partial charge in [0.2, 0.25) is 0 Å². The maximum absolute atomic E-state index is 6.78. The molecule has 1 N–H and O–H groups in total. The van der Waals surface area contributed by atoms with Gasteiger partial charge in [-0.1, -0.05) is 19.1 Å². The molecule has 1 aromatic carbocycles. The highest BCUT2D eigenvalue weighted by Gasteiger charge is 2.65. The van der Waals surface area contributed by atoms with Gasteiger partial charge in [0.15, 0.2) is 11.5 Å². The van der Waals surface area contributed by atoms with Crippen molar-refractivity contribution in [2.75, 3.05) is 26.7 Å². The van der Waals surface area contributed by atoms with Gasteiger partial charge in [0.25, 0.3) is 0 Å². The number of likely N-dealkylation sites (tertiary alicyclic amines) is 1. The molecule has 146 valence electrons. The van der Waals surface area contributed by atoms with E-state index in [2.05, 4.69) is 41.9 Å². The monoisotopic (exact) mass is 368 g/mol. The van der Waals surface area contributed by atoms with Gasteiger partial charge in [-0.2, -0.15) is 0 Å². The number of rotatable bonds is 6. The molecule has 1 saturated carbocycles. The van der Waals surface area contributed by atoms with E-state index < -0.39 is 0 Å². The van der Waals surface area contributed by atoms with Gasteiger partial charge in [-0.15, -0.1) is 6.58 Å². The van der Waals surface area contributed by atoms with Crippen molar-refractivity contribution in [1.82, 2.24) is 10.2 Å². The van der Waals surface area contributed by atoms with Crippen LogP contribution < -0.4 is 14.8 Å². The van der Waals surface area contributed by atoms with Crippen molar-refractivity contribution in [2.45, 2.75) is 62.6 Å². The van der Waals surface area contributed by atoms with E-state index in [1.807, 2.05) is 0 Å². The molecule has 1 spiro atoms. The van der Waals surface area contributed by atoms with Crippen LogP contribution in [0.2, 0.25) is 0 Å². The molecule has 1 aromatic rings. The van der Waals surface area contributed by atoms with Crippen LogP contribution in [0.3, 0.4) is 0 Å². The lowest BCUT2D eigenvalue weighted by Gasteiger charge is -2.59. The third kappa shape index (κ3) is 2.29. The molecule has 4 aliphatic rings. The standard InChI is InChI=1S/C23H32N2O2/c1-4-11-24-17-8-7-16-18-14-15-6-9-19(26-3)21-20(15)23(16,22(17)27-21)10-13-25(18)12-5-2/h5-6,9,16-18,22,24H,2,4,7-8,10-14H2,1,3H3/t16-,17?,18+,22-,23-/m1/s1. The lowest BCUT2D eigenvalue weighted by Crippen LogP contribution is -2.68. The number of piperidine rings is 1. The van der Waals surface area contributed by atoms with Gasteiger partial charge in [0, 0.05) is 29.6 Å². The summed E-state index contributed by atoms with van der Waals surface area (Å²) in [6.45, 7) is 9.46. The van der Waals surface area contributed by atoms with Gasteiger partial charge in [0.1, 0.15) is 6.10 Å². The molecule has 2 fully saturated rings. The summed E-state index contributed by atoms with van der Waals surface area (Å²) >= 11 is 0. The molecule has 2 bridgehead atoms. The predicted octanol–water partition coefficient (Wildman–Crippen LogP) is 3.29. The normalized spacial score (nSPS) is 36.1. The lowest BCUT2D eigenvalue weighted by molar-refractivity contribution is -0.0615. The second-order valence-corrected chi connectivity index (χ2v) is 8.76. The maximum atomic E-state index is 6.78. The summed E-state index contributed by atoms with van der Waals surface area (Å²) in [5.41, 5.74) is 3.14. The van der Waals surface area contributed by atoms with Gasteiger partial charge in [0.05, 0.1) is 7.11 Å². The Morgan fingerprint density at radius 2 is 2.30 bits per heavy atom. The van der Waals surface area contributed by atoms with Crippen molar-refractivity contribution < 1.29 is 9.47 Å². The number of nitrogens with one attached hydrogen (secondary N) is 1. The maximum Gasteiger partial charge on any atom is 0.165 e. The molecule has 4 heteroatoms. The molecule has 2 aliphatic heterocycles. The van der Waals surface area contributed by atoms with Crippen molar-refractivity contribution in [1.29, 1.82) is 0 Å². The van der Waals surface area contributed by atoms with E-state index in [1.54, 1.807) is 7.11 Å². The molecule has 27 heavy (non-hydrogen) atoms. The minimum Gasteiger partial charge on any atom is -0.493 e. The van der Waals surface area contributed by atoms with E-state index in [0.29, 0.717) is 18.0 Å². The molecule has 0 amide bonds. The topological polar surface area (TPSA) is 33.7 Å². The van der Waals surface area contributed by atoms with Crippen LogP contribution in [0.5, 0.6) is 11.5 Å². The van der Waals surface area contributed by atoms with Crippen LogP contribution in [0.15, 0.2) is 24.8 Å². The summed E-state index contributed by atoms with van der Waals surface area (Å²) in [6, 6.07) is 5.47. The van der Waals surface area contributed by atoms with E-state index in [9.17, 15) is 0 Å². The smallest absolute Gasteiger partial charge is 0.165 e. The third-order valence-electron chi connectivity index (χ3n) is 7.66. The van der Waals surface area contributed by atoms with Crippen LogP contribution in [0, 0.1) is 5.92 Å². The third-order valence-corrected chi connectivity index (χ3v) is 7.66. The Bertz CT molecular complexity index is 748. The second-order valence-electron chi connectivity index (χ2n) is 8.76. The zero-order valence-corrected chi connectivity index (χ0v) is 16.7. The molecule has 5 atom stereocenters. The molecule has 2 heterocycles. The summed E-state index contributed by atoms with van der Waals surface area (Å²) in [7, 11) is 1.77. The van der Waals surface area contributed by atoms with E-state index in [4.69, 9.17) is 9.47 Å². The number of hydrogen-bond acceptors (Lipinski definition) is 4. The Morgan fingerprint density at radius 3 is 3.07 bits per heavy atom. The van der Waals surface area contributed by atoms with E-state index in [1.165, 1.54) is 30.4 Å². The molecular weight excluding hydrogens is 336 g/mol. The lowest BCUT2D eigenvalue weighted by atomic mass is 9.51. The van der Waals surface area contributed by atoms with Gasteiger partial charge in [-0.3, -0.25) is 4.90 Å². The van der Waals surface area contributed by atoms with Gasteiger partial charge in [-0.25, -0.2) is 0 Å². The number of ether oxygens (including phenoxy) is 2. The number of benzene rings is 1. The Labute approximate surface area is 162 Å². The van der Waals surface area contributed by atoms with E-state index in [0.717, 1.165) is 44.0 Å². The average molecular weight is 369 g/mol. The van der Waals surface area contributed by atoms with Crippen molar-refractivity contribution in [3.8, 4) is 11.5 Å². The largest absolute Gasteiger partial charge is 0.493 e. The van der Waals surface area contributed by atoms with E-state index >= 15 is 0 Å². The quantitative estimate of drug-likeness (QED) is 0.782. The first kappa shape index (κ1) is 17.6. The fourth-order valence-electron chi connectivity index (χ4n) is 6.71. The minimum absolute atomic E-state index is 0.156. The summed E-state index contributed by atoms with van der Waals surface area (Å²) in [4.78, 5) is 2.67. The highest BCUT2D eigenvalue weighted by atomic mass is 16.5. The second kappa shape index (κ2) is 6.52. The highest BCUT2D eigenvalue weighted by Crippen LogP contribution is 2.63. The van der Waals surface area contributed by atoms with Crippen molar-refractivity contribution >= 4 is 0 Å². The fourth-order valence-corrected chi connectivity index (χ4v) is 6.71. The average Bonchev–Trinajstić information content (AvgIpc) is 3.03. The first-order valence-corrected chi connectivity index (χ1v) is 10.7. The molecule has 5 rings (SSSR count). The minimum atomic E-state index is 0.156. The van der Waals surface area contributed by atoms with Crippen LogP contribution in [0.1, 0.15) is 43.7 Å². The fraction of sp³-hybridized carbons (Fsp3) is 0.652. The molecular formula is C23H32N2O2. The summed E-state index contributed by atoms with van der Waals surface area (Å²) < 4.78 is 12.5. The molecule has 1 unspecified atom stereocenters. The highest BCUT2D eigenvalue weighted by molar-refractivity contribution is 5.61. The SMILES string of the molecule is C=CCN1CC[C@@]23c4c5ccc(OC)c4O[C@@H]2C(NCCC)CC[C@@H]3[C@@H]1C5. The van der Waals surface area contributed by atoms with Crippen molar-refractivity contribution in [3.05, 3.63) is 35.9 Å². The van der Waals surface area contributed by atoms with Gasteiger partial charge in [-0.05, 0) is 62.7 Å². The van der Waals surface area contributed by atoms with Crippen LogP contribution in [-0.2, 0) is 11.8 Å². The first-order chi connectivity index (χ1) is 13.2. The number of nitrogens with zero attached hydrogens (tertiary/aromatic N) is 1. The molecule has 0 aromatic heterocycles. The number of hydrogen-bond donors (Lipinski definition) is 1. The Balaban J connectivity index is 1.64. The Hall–Kier alpha value is -1.52. The summed E-state index contributed by atoms with van der Waals surface area (Å²) in [5, 5.41) is 3.82. The molecule has 1 saturated heterocycles. The van der Waals surface area contributed by atoms with Crippen molar-refractivity contribution in [2.24, 2.45) is 5.92 Å². The zero-order valence-electron chi connectivity index (χ0n) is 16.7. The molecule has 2 aliphatic carbocycles. The van der Waals surface area contributed by atoms with E-state index in [-0.39, 0.29) is 11.5 Å². The van der Waals surface area contributed by atoms with Crippen LogP contribution in [-0.4, -0.2) is 49.8 Å². The predicted molar refractivity (Wildman–Crippen MR) is 108 cm³/mol. The Morgan fingerprint density at radius 1 is 1.41 bits per heavy atom. The summed E-state index contributed by atoms with van der Waals surface area (Å²) in [5.74, 6) is 2.64. The first-order valence-electron chi connectivity index (χ1n) is 10.7. The Kier molecular flexibility index (Phi) is 4.25. The zero-order chi connectivity index (χ0) is 18.6. The van der Waals surface area contributed by atoms with Crippen molar-refractivity contribution in [3.63, 3.8) is 0 Å².